The van der Waals surface area contributed by atoms with Gasteiger partial charge in [0.2, 0.25) is 16.8 Å². The molecule has 1 aliphatic heterocycles. The number of aromatic nitrogens is 1. The maximum absolute atomic E-state index is 13.2. The van der Waals surface area contributed by atoms with Gasteiger partial charge in [0.05, 0.1) is 12.0 Å². The van der Waals surface area contributed by atoms with E-state index in [2.05, 4.69) is 21.1 Å². The zero-order chi connectivity index (χ0) is 29.9. The second-order valence-corrected chi connectivity index (χ2v) is 11.3. The van der Waals surface area contributed by atoms with Crippen LogP contribution in [0.25, 0.3) is 10.9 Å². The molecule has 1 atom stereocenters. The Morgan fingerprint density at radius 3 is 2.52 bits per heavy atom. The summed E-state index contributed by atoms with van der Waals surface area (Å²) in [6.07, 6.45) is -0.0882. The van der Waals surface area contributed by atoms with Gasteiger partial charge in [-0.05, 0) is 79.6 Å². The van der Waals surface area contributed by atoms with Crippen LogP contribution in [0.4, 0.5) is 0 Å². The number of nitrogens with one attached hydrogen (secondary N) is 1. The van der Waals surface area contributed by atoms with Crippen LogP contribution in [0, 0.1) is 18.8 Å². The number of aliphatic carboxylic acids is 1. The van der Waals surface area contributed by atoms with Crippen molar-refractivity contribution in [3.05, 3.63) is 77.5 Å². The van der Waals surface area contributed by atoms with Gasteiger partial charge < -0.3 is 28.6 Å². The van der Waals surface area contributed by atoms with Gasteiger partial charge in [0, 0.05) is 29.6 Å². The largest absolute Gasteiger partial charge is 0.497 e. The fraction of sp³-hybridized carbons (Fsp3) is 0.258. The number of methoxy groups -OCH3 is 1. The summed E-state index contributed by atoms with van der Waals surface area (Å²) >= 11 is 0. The normalized spacial score (nSPS) is 12.9. The van der Waals surface area contributed by atoms with E-state index in [1.807, 2.05) is 43.3 Å². The summed E-state index contributed by atoms with van der Waals surface area (Å²) in [5, 5.41) is 10.9. The van der Waals surface area contributed by atoms with Crippen LogP contribution in [-0.2, 0) is 27.8 Å². The molecule has 0 amide bonds. The predicted molar refractivity (Wildman–Crippen MR) is 156 cm³/mol. The number of ether oxygens (including phenoxy) is 4. The summed E-state index contributed by atoms with van der Waals surface area (Å²) in [6, 6.07) is 15.6. The molecule has 10 nitrogen and oxygen atoms in total. The van der Waals surface area contributed by atoms with Crippen LogP contribution in [0.5, 0.6) is 23.0 Å². The molecular formula is C31H30N2O8S. The van der Waals surface area contributed by atoms with Crippen molar-refractivity contribution in [2.75, 3.05) is 20.5 Å². The third kappa shape index (κ3) is 6.00. The predicted octanol–water partition coefficient (Wildman–Crippen LogP) is 4.11. The highest BCUT2D eigenvalue weighted by Gasteiger charge is 2.28. The van der Waals surface area contributed by atoms with Crippen LogP contribution in [0.3, 0.4) is 0 Å². The molecule has 218 valence electrons. The quantitative estimate of drug-likeness (QED) is 0.250. The highest BCUT2D eigenvalue weighted by Crippen LogP contribution is 2.35. The van der Waals surface area contributed by atoms with Crippen molar-refractivity contribution in [2.24, 2.45) is 0 Å². The van der Waals surface area contributed by atoms with Crippen molar-refractivity contribution >= 4 is 26.9 Å². The molecule has 2 N–H and O–H groups in total. The fourth-order valence-corrected chi connectivity index (χ4v) is 6.08. The van der Waals surface area contributed by atoms with Crippen molar-refractivity contribution in [3.8, 4) is 34.8 Å². The molecule has 2 heterocycles. The minimum atomic E-state index is -4.16. The zero-order valence-corrected chi connectivity index (χ0v) is 24.2. The molecule has 1 aliphatic rings. The number of benzene rings is 3. The van der Waals surface area contributed by atoms with E-state index >= 15 is 0 Å². The topological polar surface area (TPSA) is 125 Å². The number of fused-ring (bicyclic) bond motifs is 2. The van der Waals surface area contributed by atoms with E-state index in [0.29, 0.717) is 35.1 Å². The standard InChI is InChI=1S/C31H30N2O8S/c1-4-5-14-39-22-7-10-24(11-8-22)42(36,37)32-27(31(34)35)17-25-20(2)33(28-12-9-23(38-3)16-26(25)28)18-21-6-13-29-30(15-21)41-19-40-29/h6-13,15-16,27,32H,14,17-19H2,1-3H3,(H,34,35)/t27-/m0/s1. The summed E-state index contributed by atoms with van der Waals surface area (Å²) in [6.45, 7) is 4.41. The van der Waals surface area contributed by atoms with Gasteiger partial charge in [-0.25, -0.2) is 8.42 Å². The van der Waals surface area contributed by atoms with E-state index in [1.165, 1.54) is 24.3 Å². The molecule has 4 aromatic rings. The lowest BCUT2D eigenvalue weighted by Crippen LogP contribution is -2.42. The first-order valence-corrected chi connectivity index (χ1v) is 14.6. The van der Waals surface area contributed by atoms with Gasteiger partial charge in [-0.15, -0.1) is 5.92 Å². The number of carboxylic acid groups (broad SMARTS) is 1. The maximum atomic E-state index is 13.2. The molecule has 0 aliphatic carbocycles. The Bertz CT molecular complexity index is 1800. The van der Waals surface area contributed by atoms with Crippen molar-refractivity contribution in [3.63, 3.8) is 0 Å². The lowest BCUT2D eigenvalue weighted by molar-refractivity contribution is -0.138. The molecule has 0 bridgehead atoms. The number of sulfonamides is 1. The van der Waals surface area contributed by atoms with Gasteiger partial charge in [-0.1, -0.05) is 12.0 Å². The number of hydrogen-bond donors (Lipinski definition) is 2. The third-order valence-corrected chi connectivity index (χ3v) is 8.55. The van der Waals surface area contributed by atoms with E-state index in [1.54, 1.807) is 14.0 Å². The van der Waals surface area contributed by atoms with Gasteiger partial charge in [0.1, 0.15) is 24.1 Å². The second kappa shape index (κ2) is 12.1. The molecule has 0 unspecified atom stereocenters. The zero-order valence-electron chi connectivity index (χ0n) is 23.3. The molecule has 0 saturated carbocycles. The molecule has 0 spiro atoms. The van der Waals surface area contributed by atoms with E-state index in [4.69, 9.17) is 18.9 Å². The molecule has 42 heavy (non-hydrogen) atoms. The molecular weight excluding hydrogens is 560 g/mol. The average molecular weight is 591 g/mol. The Morgan fingerprint density at radius 2 is 1.81 bits per heavy atom. The lowest BCUT2D eigenvalue weighted by Gasteiger charge is -2.16. The fourth-order valence-electron chi connectivity index (χ4n) is 4.89. The van der Waals surface area contributed by atoms with Crippen LogP contribution in [0.15, 0.2) is 65.6 Å². The van der Waals surface area contributed by atoms with Crippen molar-refractivity contribution < 1.29 is 37.3 Å². The van der Waals surface area contributed by atoms with E-state index in [9.17, 15) is 18.3 Å². The number of nitrogens with zero attached hydrogens (tertiary/aromatic N) is 1. The van der Waals surface area contributed by atoms with Crippen molar-refractivity contribution in [2.45, 2.75) is 37.8 Å². The molecule has 0 radical (unpaired) electrons. The minimum Gasteiger partial charge on any atom is -0.497 e. The third-order valence-electron chi connectivity index (χ3n) is 7.06. The molecule has 0 fully saturated rings. The van der Waals surface area contributed by atoms with Gasteiger partial charge in [-0.3, -0.25) is 4.79 Å². The van der Waals surface area contributed by atoms with Crippen LogP contribution >= 0.6 is 0 Å². The van der Waals surface area contributed by atoms with Gasteiger partial charge >= 0.3 is 5.97 Å². The highest BCUT2D eigenvalue weighted by atomic mass is 32.2. The van der Waals surface area contributed by atoms with Crippen LogP contribution in [-0.4, -0.2) is 50.6 Å². The van der Waals surface area contributed by atoms with Crippen LogP contribution in [0.1, 0.15) is 23.7 Å². The highest BCUT2D eigenvalue weighted by molar-refractivity contribution is 7.89. The Labute approximate surface area is 243 Å². The van der Waals surface area contributed by atoms with Crippen molar-refractivity contribution in [1.29, 1.82) is 0 Å². The first kappa shape index (κ1) is 28.9. The number of hydrogen-bond acceptors (Lipinski definition) is 7. The van der Waals surface area contributed by atoms with Gasteiger partial charge in [0.25, 0.3) is 0 Å². The number of carboxylic acids is 1. The summed E-state index contributed by atoms with van der Waals surface area (Å²) < 4.78 is 52.7. The van der Waals surface area contributed by atoms with E-state index in [0.717, 1.165) is 22.2 Å². The smallest absolute Gasteiger partial charge is 0.322 e. The van der Waals surface area contributed by atoms with Crippen molar-refractivity contribution in [1.82, 2.24) is 9.29 Å². The first-order valence-electron chi connectivity index (χ1n) is 13.1. The lowest BCUT2D eigenvalue weighted by atomic mass is 10.0. The average Bonchev–Trinajstić information content (AvgIpc) is 3.55. The Hall–Kier alpha value is -4.66. The Kier molecular flexibility index (Phi) is 8.29. The summed E-state index contributed by atoms with van der Waals surface area (Å²) in [5.41, 5.74) is 3.32. The Morgan fingerprint density at radius 1 is 1.07 bits per heavy atom. The van der Waals surface area contributed by atoms with Gasteiger partial charge in [0.15, 0.2) is 11.5 Å². The molecule has 1 aromatic heterocycles. The number of rotatable bonds is 11. The van der Waals surface area contributed by atoms with Crippen LogP contribution in [0.2, 0.25) is 0 Å². The first-order chi connectivity index (χ1) is 20.2. The molecule has 5 rings (SSSR count). The van der Waals surface area contributed by atoms with E-state index < -0.39 is 22.0 Å². The van der Waals surface area contributed by atoms with Crippen LogP contribution < -0.4 is 23.7 Å². The number of carbonyl (C=O) groups is 1. The molecule has 3 aromatic carbocycles. The molecule has 0 saturated heterocycles. The molecule has 11 heteroatoms. The summed E-state index contributed by atoms with van der Waals surface area (Å²) in [4.78, 5) is 12.3. The maximum Gasteiger partial charge on any atom is 0.322 e. The monoisotopic (exact) mass is 590 g/mol. The second-order valence-electron chi connectivity index (χ2n) is 9.62. The summed E-state index contributed by atoms with van der Waals surface area (Å²) in [5.74, 6) is 6.58. The minimum absolute atomic E-state index is 0.0775. The van der Waals surface area contributed by atoms with Gasteiger partial charge in [-0.2, -0.15) is 4.72 Å². The summed E-state index contributed by atoms with van der Waals surface area (Å²) in [7, 11) is -2.61. The van der Waals surface area contributed by atoms with E-state index in [-0.39, 0.29) is 24.7 Å². The Balaban J connectivity index is 1.45. The SMILES string of the molecule is CC#CCOc1ccc(S(=O)(=O)N[C@@H](Cc2c(C)n(Cc3ccc4c(c3)OCO4)c3ccc(OC)cc23)C(=O)O)cc1.